The van der Waals surface area contributed by atoms with Crippen LogP contribution in [0.15, 0.2) is 22.7 Å². The Morgan fingerprint density at radius 2 is 2.00 bits per heavy atom. The van der Waals surface area contributed by atoms with Crippen LogP contribution in [0.4, 0.5) is 11.5 Å². The molecule has 1 aromatic carbocycles. The highest BCUT2D eigenvalue weighted by molar-refractivity contribution is 9.10. The van der Waals surface area contributed by atoms with E-state index in [4.69, 9.17) is 0 Å². The van der Waals surface area contributed by atoms with E-state index in [-0.39, 0.29) is 0 Å². The number of nitriles is 1. The number of aryl methyl sites for hydroxylation is 1. The first-order valence-corrected chi connectivity index (χ1v) is 7.72. The molecule has 0 amide bonds. The first-order chi connectivity index (χ1) is 10.1. The van der Waals surface area contributed by atoms with Gasteiger partial charge in [-0.1, -0.05) is 35.8 Å². The van der Waals surface area contributed by atoms with E-state index >= 15 is 0 Å². The predicted octanol–water partition coefficient (Wildman–Crippen LogP) is 4.29. The Labute approximate surface area is 133 Å². The SMILES string of the molecule is CCc1nnc(Nc2cccc(Br)c2C)c(C#N)c1CC. The van der Waals surface area contributed by atoms with E-state index in [9.17, 15) is 5.26 Å². The lowest BCUT2D eigenvalue weighted by atomic mass is 10.0. The van der Waals surface area contributed by atoms with E-state index in [1.54, 1.807) is 0 Å². The largest absolute Gasteiger partial charge is 0.337 e. The maximum absolute atomic E-state index is 9.49. The van der Waals surface area contributed by atoms with Crippen molar-refractivity contribution in [2.24, 2.45) is 0 Å². The molecule has 4 nitrogen and oxygen atoms in total. The molecule has 1 N–H and O–H groups in total. The fraction of sp³-hybridized carbons (Fsp3) is 0.312. The van der Waals surface area contributed by atoms with Gasteiger partial charge in [0.25, 0.3) is 0 Å². The fourth-order valence-corrected chi connectivity index (χ4v) is 2.62. The molecular formula is C16H17BrN4. The van der Waals surface area contributed by atoms with Crippen LogP contribution >= 0.6 is 15.9 Å². The third-order valence-electron chi connectivity index (χ3n) is 3.48. The summed E-state index contributed by atoms with van der Waals surface area (Å²) in [6, 6.07) is 8.15. The monoisotopic (exact) mass is 344 g/mol. The number of anilines is 2. The van der Waals surface area contributed by atoms with Crippen LogP contribution < -0.4 is 5.32 Å². The van der Waals surface area contributed by atoms with Crippen LogP contribution in [-0.2, 0) is 12.8 Å². The van der Waals surface area contributed by atoms with Crippen LogP contribution in [0.25, 0.3) is 0 Å². The summed E-state index contributed by atoms with van der Waals surface area (Å²) in [6.45, 7) is 6.06. The Morgan fingerprint density at radius 3 is 2.62 bits per heavy atom. The standard InChI is InChI=1S/C16H17BrN4/c1-4-11-12(9-18)16(21-20-14(11)5-2)19-15-8-6-7-13(17)10(15)3/h6-8H,4-5H2,1-3H3,(H,19,21). The summed E-state index contributed by atoms with van der Waals surface area (Å²) in [5.74, 6) is 0.521. The van der Waals surface area contributed by atoms with Crippen molar-refractivity contribution in [1.29, 1.82) is 5.26 Å². The van der Waals surface area contributed by atoms with Crippen LogP contribution in [0.2, 0.25) is 0 Å². The second-order valence-corrected chi connectivity index (χ2v) is 5.56. The maximum Gasteiger partial charge on any atom is 0.171 e. The zero-order valence-corrected chi connectivity index (χ0v) is 14.0. The average molecular weight is 345 g/mol. The van der Waals surface area contributed by atoms with Crippen molar-refractivity contribution < 1.29 is 0 Å². The van der Waals surface area contributed by atoms with Gasteiger partial charge in [0.05, 0.1) is 5.69 Å². The molecule has 0 saturated carbocycles. The summed E-state index contributed by atoms with van der Waals surface area (Å²) in [5.41, 5.74) is 4.45. The van der Waals surface area contributed by atoms with Crippen LogP contribution in [0, 0.1) is 18.3 Å². The molecule has 0 bridgehead atoms. The lowest BCUT2D eigenvalue weighted by Crippen LogP contribution is -2.07. The molecule has 0 saturated heterocycles. The average Bonchev–Trinajstić information content (AvgIpc) is 2.51. The summed E-state index contributed by atoms with van der Waals surface area (Å²) in [6.07, 6.45) is 1.55. The van der Waals surface area contributed by atoms with Gasteiger partial charge in [-0.15, -0.1) is 5.10 Å². The van der Waals surface area contributed by atoms with E-state index in [1.807, 2.05) is 39.0 Å². The third kappa shape index (κ3) is 3.06. The molecular weight excluding hydrogens is 328 g/mol. The van der Waals surface area contributed by atoms with Crippen molar-refractivity contribution >= 4 is 27.4 Å². The first kappa shape index (κ1) is 15.5. The predicted molar refractivity (Wildman–Crippen MR) is 87.7 cm³/mol. The molecule has 21 heavy (non-hydrogen) atoms. The number of benzene rings is 1. The minimum absolute atomic E-state index is 0.521. The number of halogens is 1. The van der Waals surface area contributed by atoms with E-state index in [2.05, 4.69) is 37.5 Å². The smallest absolute Gasteiger partial charge is 0.171 e. The molecule has 0 aliphatic rings. The van der Waals surface area contributed by atoms with Crippen molar-refractivity contribution in [1.82, 2.24) is 10.2 Å². The van der Waals surface area contributed by atoms with Crippen LogP contribution in [0.5, 0.6) is 0 Å². The number of rotatable bonds is 4. The van der Waals surface area contributed by atoms with Crippen LogP contribution in [0.3, 0.4) is 0 Å². The van der Waals surface area contributed by atoms with Crippen molar-refractivity contribution in [2.75, 3.05) is 5.32 Å². The van der Waals surface area contributed by atoms with Gasteiger partial charge in [0.1, 0.15) is 11.6 Å². The minimum Gasteiger partial charge on any atom is -0.337 e. The molecule has 1 aromatic heterocycles. The molecule has 0 radical (unpaired) electrons. The molecule has 1 heterocycles. The van der Waals surface area contributed by atoms with Crippen LogP contribution in [0.1, 0.15) is 36.2 Å². The highest BCUT2D eigenvalue weighted by Gasteiger charge is 2.15. The van der Waals surface area contributed by atoms with E-state index in [0.29, 0.717) is 11.4 Å². The molecule has 2 aromatic rings. The van der Waals surface area contributed by atoms with Gasteiger partial charge in [-0.3, -0.25) is 0 Å². The number of hydrogen-bond acceptors (Lipinski definition) is 4. The van der Waals surface area contributed by atoms with Gasteiger partial charge < -0.3 is 5.32 Å². The summed E-state index contributed by atoms with van der Waals surface area (Å²) >= 11 is 3.50. The molecule has 5 heteroatoms. The van der Waals surface area contributed by atoms with E-state index in [0.717, 1.165) is 39.8 Å². The van der Waals surface area contributed by atoms with Gasteiger partial charge in [-0.25, -0.2) is 0 Å². The Balaban J connectivity index is 2.50. The van der Waals surface area contributed by atoms with Crippen molar-refractivity contribution in [3.63, 3.8) is 0 Å². The zero-order chi connectivity index (χ0) is 15.4. The Bertz CT molecular complexity index is 704. The van der Waals surface area contributed by atoms with Crippen molar-refractivity contribution in [3.05, 3.63) is 45.1 Å². The second kappa shape index (κ2) is 6.68. The summed E-state index contributed by atoms with van der Waals surface area (Å²) < 4.78 is 1.01. The molecule has 0 aliphatic carbocycles. The van der Waals surface area contributed by atoms with Gasteiger partial charge in [0.15, 0.2) is 5.82 Å². The Morgan fingerprint density at radius 1 is 1.24 bits per heavy atom. The normalized spacial score (nSPS) is 10.2. The third-order valence-corrected chi connectivity index (χ3v) is 4.34. The van der Waals surface area contributed by atoms with Crippen molar-refractivity contribution in [3.8, 4) is 6.07 Å². The quantitative estimate of drug-likeness (QED) is 0.898. The summed E-state index contributed by atoms with van der Waals surface area (Å²) in [4.78, 5) is 0. The zero-order valence-electron chi connectivity index (χ0n) is 12.4. The van der Waals surface area contributed by atoms with Crippen LogP contribution in [-0.4, -0.2) is 10.2 Å². The number of hydrogen-bond donors (Lipinski definition) is 1. The molecule has 0 unspecified atom stereocenters. The maximum atomic E-state index is 9.49. The van der Waals surface area contributed by atoms with E-state index < -0.39 is 0 Å². The highest BCUT2D eigenvalue weighted by atomic mass is 79.9. The Hall–Kier alpha value is -1.93. The number of nitrogens with zero attached hydrogens (tertiary/aromatic N) is 3. The molecule has 0 atom stereocenters. The topological polar surface area (TPSA) is 61.6 Å². The summed E-state index contributed by atoms with van der Waals surface area (Å²) in [7, 11) is 0. The molecule has 108 valence electrons. The summed E-state index contributed by atoms with van der Waals surface area (Å²) in [5, 5.41) is 21.2. The highest BCUT2D eigenvalue weighted by Crippen LogP contribution is 2.28. The van der Waals surface area contributed by atoms with E-state index in [1.165, 1.54) is 0 Å². The molecule has 0 fully saturated rings. The van der Waals surface area contributed by atoms with Gasteiger partial charge in [-0.2, -0.15) is 10.4 Å². The lowest BCUT2D eigenvalue weighted by molar-refractivity contribution is 0.877. The van der Waals surface area contributed by atoms with Gasteiger partial charge >= 0.3 is 0 Å². The number of aromatic nitrogens is 2. The molecule has 0 aliphatic heterocycles. The van der Waals surface area contributed by atoms with Gasteiger partial charge in [-0.05, 0) is 43.0 Å². The lowest BCUT2D eigenvalue weighted by Gasteiger charge is -2.14. The number of nitrogens with one attached hydrogen (secondary N) is 1. The van der Waals surface area contributed by atoms with Gasteiger partial charge in [0.2, 0.25) is 0 Å². The Kier molecular flexibility index (Phi) is 4.92. The minimum atomic E-state index is 0.521. The second-order valence-electron chi connectivity index (χ2n) is 4.71. The van der Waals surface area contributed by atoms with Gasteiger partial charge in [0, 0.05) is 10.2 Å². The first-order valence-electron chi connectivity index (χ1n) is 6.93. The van der Waals surface area contributed by atoms with Crippen molar-refractivity contribution in [2.45, 2.75) is 33.6 Å². The molecule has 2 rings (SSSR count). The fourth-order valence-electron chi connectivity index (χ4n) is 2.25. The molecule has 0 spiro atoms.